The Kier molecular flexibility index (Phi) is 2.44. The van der Waals surface area contributed by atoms with Gasteiger partial charge in [-0.3, -0.25) is 9.69 Å². The van der Waals surface area contributed by atoms with Gasteiger partial charge in [-0.2, -0.15) is 0 Å². The highest BCUT2D eigenvalue weighted by Crippen LogP contribution is 2.40. The standard InChI is InChI=1S/C14H14ClN3O/c15-11-1-2-16-14-13(11)10(5-17-14)12(19)7-18-6-8-3-9(18)4-8/h1-2,5,8-9H,3-4,6-7H2,(H,16,17). The molecule has 3 fully saturated rings. The third-order valence-electron chi connectivity index (χ3n) is 4.39. The molecule has 2 bridgehead atoms. The quantitative estimate of drug-likeness (QED) is 0.876. The lowest BCUT2D eigenvalue weighted by Gasteiger charge is -2.25. The molecule has 2 saturated heterocycles. The SMILES string of the molecule is O=C(CN1CC2CC1C2)c1c[nH]c2nccc(Cl)c12. The van der Waals surface area contributed by atoms with E-state index in [4.69, 9.17) is 11.6 Å². The van der Waals surface area contributed by atoms with Crippen LogP contribution in [-0.4, -0.2) is 39.8 Å². The van der Waals surface area contributed by atoms with Crippen LogP contribution in [0.25, 0.3) is 11.0 Å². The maximum absolute atomic E-state index is 12.4. The number of aromatic nitrogens is 2. The van der Waals surface area contributed by atoms with Crippen LogP contribution in [0, 0.1) is 5.92 Å². The van der Waals surface area contributed by atoms with Crippen molar-refractivity contribution in [2.75, 3.05) is 13.1 Å². The van der Waals surface area contributed by atoms with Crippen LogP contribution in [0.15, 0.2) is 18.5 Å². The zero-order valence-corrected chi connectivity index (χ0v) is 11.2. The number of pyridine rings is 1. The lowest BCUT2D eigenvalue weighted by atomic mass is 9.86. The van der Waals surface area contributed by atoms with Gasteiger partial charge in [0.05, 0.1) is 11.6 Å². The normalized spacial score (nSPS) is 25.7. The Morgan fingerprint density at radius 3 is 3.11 bits per heavy atom. The van der Waals surface area contributed by atoms with Crippen molar-refractivity contribution in [3.05, 3.63) is 29.0 Å². The Hall–Kier alpha value is -1.39. The molecule has 0 aromatic carbocycles. The van der Waals surface area contributed by atoms with Crippen LogP contribution in [-0.2, 0) is 0 Å². The molecule has 0 amide bonds. The minimum atomic E-state index is 0.133. The average molecular weight is 276 g/mol. The van der Waals surface area contributed by atoms with Gasteiger partial charge < -0.3 is 4.98 Å². The third-order valence-corrected chi connectivity index (χ3v) is 4.70. The molecule has 1 saturated carbocycles. The number of aromatic amines is 1. The lowest BCUT2D eigenvalue weighted by molar-refractivity contribution is 0.0929. The topological polar surface area (TPSA) is 49.0 Å². The summed E-state index contributed by atoms with van der Waals surface area (Å²) < 4.78 is 0. The highest BCUT2D eigenvalue weighted by molar-refractivity contribution is 6.36. The molecule has 1 aliphatic carbocycles. The molecule has 5 rings (SSSR count). The molecule has 5 heteroatoms. The van der Waals surface area contributed by atoms with Crippen LogP contribution < -0.4 is 0 Å². The highest BCUT2D eigenvalue weighted by atomic mass is 35.5. The summed E-state index contributed by atoms with van der Waals surface area (Å²) in [4.78, 5) is 22.0. The number of hydrogen-bond acceptors (Lipinski definition) is 3. The Morgan fingerprint density at radius 2 is 2.37 bits per heavy atom. The van der Waals surface area contributed by atoms with Gasteiger partial charge in [0.2, 0.25) is 0 Å². The Balaban J connectivity index is 1.64. The van der Waals surface area contributed by atoms with Gasteiger partial charge in [0.15, 0.2) is 5.78 Å². The fourth-order valence-electron chi connectivity index (χ4n) is 3.33. The monoisotopic (exact) mass is 275 g/mol. The zero-order valence-electron chi connectivity index (χ0n) is 10.4. The van der Waals surface area contributed by atoms with Gasteiger partial charge >= 0.3 is 0 Å². The molecule has 19 heavy (non-hydrogen) atoms. The first-order chi connectivity index (χ1) is 9.22. The van der Waals surface area contributed by atoms with Crippen LogP contribution >= 0.6 is 11.6 Å². The summed E-state index contributed by atoms with van der Waals surface area (Å²) in [7, 11) is 0. The number of halogens is 1. The van der Waals surface area contributed by atoms with Crippen LogP contribution in [0.2, 0.25) is 5.02 Å². The number of Topliss-reactive ketones (excluding diaryl/α,β-unsaturated/α-hetero) is 1. The molecule has 4 heterocycles. The number of ketones is 1. The first-order valence-corrected chi connectivity index (χ1v) is 6.99. The molecule has 98 valence electrons. The summed E-state index contributed by atoms with van der Waals surface area (Å²) in [5.74, 6) is 0.958. The molecule has 4 nitrogen and oxygen atoms in total. The largest absolute Gasteiger partial charge is 0.345 e. The summed E-state index contributed by atoms with van der Waals surface area (Å²) >= 11 is 6.18. The summed E-state index contributed by atoms with van der Waals surface area (Å²) in [6.07, 6.45) is 5.91. The van der Waals surface area contributed by atoms with Gasteiger partial charge in [0.25, 0.3) is 0 Å². The Bertz CT molecular complexity index is 660. The second-order valence-electron chi connectivity index (χ2n) is 5.56. The summed E-state index contributed by atoms with van der Waals surface area (Å²) in [5.41, 5.74) is 1.35. The number of nitrogens with zero attached hydrogens (tertiary/aromatic N) is 2. The minimum Gasteiger partial charge on any atom is -0.345 e. The lowest BCUT2D eigenvalue weighted by Crippen LogP contribution is -2.33. The molecule has 2 aromatic heterocycles. The number of nitrogens with one attached hydrogen (secondary N) is 1. The van der Waals surface area contributed by atoms with E-state index in [0.717, 1.165) is 17.8 Å². The zero-order chi connectivity index (χ0) is 13.0. The summed E-state index contributed by atoms with van der Waals surface area (Å²) in [6.45, 7) is 1.57. The van der Waals surface area contributed by atoms with E-state index >= 15 is 0 Å². The molecule has 0 atom stereocenters. The van der Waals surface area contributed by atoms with Crippen molar-refractivity contribution in [2.45, 2.75) is 18.9 Å². The first kappa shape index (κ1) is 11.4. The fraction of sp³-hybridized carbons (Fsp3) is 0.429. The molecule has 0 radical (unpaired) electrons. The van der Waals surface area contributed by atoms with Crippen LogP contribution in [0.4, 0.5) is 0 Å². The number of carbonyl (C=O) groups excluding carboxylic acids is 1. The molecule has 1 N–H and O–H groups in total. The second-order valence-corrected chi connectivity index (χ2v) is 5.97. The summed E-state index contributed by atoms with van der Waals surface area (Å²) in [6, 6.07) is 2.36. The number of rotatable bonds is 3. The van der Waals surface area contributed by atoms with E-state index in [-0.39, 0.29) is 5.78 Å². The van der Waals surface area contributed by atoms with E-state index in [1.165, 1.54) is 12.8 Å². The highest BCUT2D eigenvalue weighted by Gasteiger charge is 2.43. The molecule has 3 aliphatic rings. The van der Waals surface area contributed by atoms with Crippen molar-refractivity contribution in [3.63, 3.8) is 0 Å². The van der Waals surface area contributed by atoms with E-state index < -0.39 is 0 Å². The van der Waals surface area contributed by atoms with Crippen molar-refractivity contribution in [1.29, 1.82) is 0 Å². The maximum atomic E-state index is 12.4. The van der Waals surface area contributed by atoms with E-state index in [1.807, 2.05) is 0 Å². The smallest absolute Gasteiger partial charge is 0.179 e. The number of H-pyrrole nitrogens is 1. The number of carbonyl (C=O) groups is 1. The van der Waals surface area contributed by atoms with Crippen molar-refractivity contribution in [3.8, 4) is 0 Å². The van der Waals surface area contributed by atoms with Crippen molar-refractivity contribution >= 4 is 28.4 Å². The molecular formula is C14H14ClN3O. The maximum Gasteiger partial charge on any atom is 0.179 e. The van der Waals surface area contributed by atoms with Gasteiger partial charge in [-0.05, 0) is 24.8 Å². The molecular weight excluding hydrogens is 262 g/mol. The van der Waals surface area contributed by atoms with Gasteiger partial charge in [-0.1, -0.05) is 11.6 Å². The average Bonchev–Trinajstić information content (AvgIpc) is 2.99. The first-order valence-electron chi connectivity index (χ1n) is 6.61. The minimum absolute atomic E-state index is 0.133. The van der Waals surface area contributed by atoms with Gasteiger partial charge in [-0.15, -0.1) is 0 Å². The van der Waals surface area contributed by atoms with Crippen LogP contribution in [0.3, 0.4) is 0 Å². The van der Waals surface area contributed by atoms with Crippen molar-refractivity contribution in [2.24, 2.45) is 5.92 Å². The van der Waals surface area contributed by atoms with Crippen LogP contribution in [0.5, 0.6) is 0 Å². The molecule has 0 unspecified atom stereocenters. The van der Waals surface area contributed by atoms with E-state index in [9.17, 15) is 4.79 Å². The predicted octanol–water partition coefficient (Wildman–Crippen LogP) is 2.49. The van der Waals surface area contributed by atoms with E-state index in [0.29, 0.717) is 28.8 Å². The second kappa shape index (κ2) is 4.05. The Labute approximate surface area is 115 Å². The van der Waals surface area contributed by atoms with E-state index in [1.54, 1.807) is 18.5 Å². The van der Waals surface area contributed by atoms with Gasteiger partial charge in [-0.25, -0.2) is 4.98 Å². The predicted molar refractivity (Wildman–Crippen MR) is 73.5 cm³/mol. The fourth-order valence-corrected chi connectivity index (χ4v) is 3.58. The van der Waals surface area contributed by atoms with E-state index in [2.05, 4.69) is 14.9 Å². The molecule has 2 aliphatic heterocycles. The molecule has 0 spiro atoms. The third kappa shape index (κ3) is 1.70. The Morgan fingerprint density at radius 1 is 1.53 bits per heavy atom. The van der Waals surface area contributed by atoms with Crippen molar-refractivity contribution < 1.29 is 4.79 Å². The van der Waals surface area contributed by atoms with Gasteiger partial charge in [0.1, 0.15) is 5.65 Å². The van der Waals surface area contributed by atoms with Crippen LogP contribution in [0.1, 0.15) is 23.2 Å². The number of hydrogen-bond donors (Lipinski definition) is 1. The number of fused-ring (bicyclic) bond motifs is 2. The van der Waals surface area contributed by atoms with Crippen molar-refractivity contribution in [1.82, 2.24) is 14.9 Å². The summed E-state index contributed by atoms with van der Waals surface area (Å²) in [5, 5.41) is 1.33. The van der Waals surface area contributed by atoms with Gasteiger partial charge in [0, 0.05) is 35.9 Å². The molecule has 2 aromatic rings.